The number of nitrogens with one attached hydrogen (secondary N) is 1. The van der Waals surface area contributed by atoms with Gasteiger partial charge in [0.05, 0.1) is 17.5 Å². The van der Waals surface area contributed by atoms with Crippen LogP contribution >= 0.6 is 0 Å². The van der Waals surface area contributed by atoms with Gasteiger partial charge in [-0.15, -0.1) is 0 Å². The van der Waals surface area contributed by atoms with Crippen LogP contribution in [0.2, 0.25) is 0 Å². The molecule has 5 nitrogen and oxygen atoms in total. The van der Waals surface area contributed by atoms with Gasteiger partial charge in [-0.05, 0) is 51.0 Å². The molecule has 130 valence electrons. The van der Waals surface area contributed by atoms with E-state index >= 15 is 0 Å². The summed E-state index contributed by atoms with van der Waals surface area (Å²) in [7, 11) is 0. The quantitative estimate of drug-likeness (QED) is 0.757. The molecular weight excluding hydrogens is 314 g/mol. The topological polar surface area (TPSA) is 55.6 Å². The number of aryl methyl sites for hydroxylation is 2. The molecule has 1 aromatic carbocycles. The number of benzene rings is 1. The molecule has 0 radical (unpaired) electrons. The highest BCUT2D eigenvalue weighted by atomic mass is 16.5. The standard InChI is InChI=1S/C20H23N3O2/c1-5-15-19(23-12-14(4)10-11-18(23)21-15)20(24)22-16-8-6-7-9-17(16)25-13(2)3/h6-13H,5H2,1-4H3,(H,22,24). The van der Waals surface area contributed by atoms with E-state index in [1.165, 1.54) is 0 Å². The number of fused-ring (bicyclic) bond motifs is 1. The molecule has 0 aliphatic carbocycles. The van der Waals surface area contributed by atoms with E-state index in [-0.39, 0.29) is 12.0 Å². The highest BCUT2D eigenvalue weighted by Crippen LogP contribution is 2.26. The summed E-state index contributed by atoms with van der Waals surface area (Å²) < 4.78 is 7.65. The van der Waals surface area contributed by atoms with E-state index in [1.54, 1.807) is 0 Å². The number of rotatable bonds is 5. The zero-order chi connectivity index (χ0) is 18.0. The number of aromatic nitrogens is 2. The van der Waals surface area contributed by atoms with Gasteiger partial charge in [0.2, 0.25) is 0 Å². The van der Waals surface area contributed by atoms with E-state index in [0.29, 0.717) is 23.6 Å². The summed E-state index contributed by atoms with van der Waals surface area (Å²) in [5.41, 5.74) is 3.86. The number of hydrogen-bond acceptors (Lipinski definition) is 3. The molecule has 2 aromatic heterocycles. The number of carbonyl (C=O) groups excluding carboxylic acids is 1. The van der Waals surface area contributed by atoms with E-state index in [9.17, 15) is 4.79 Å². The number of imidazole rings is 1. The van der Waals surface area contributed by atoms with Crippen molar-refractivity contribution in [3.8, 4) is 5.75 Å². The van der Waals surface area contributed by atoms with Crippen molar-refractivity contribution in [2.75, 3.05) is 5.32 Å². The Bertz CT molecular complexity index is 912. The second kappa shape index (κ2) is 6.97. The minimum atomic E-state index is -0.185. The van der Waals surface area contributed by atoms with Crippen LogP contribution in [-0.4, -0.2) is 21.4 Å². The van der Waals surface area contributed by atoms with Crippen molar-refractivity contribution >= 4 is 17.2 Å². The molecular formula is C20H23N3O2. The summed E-state index contributed by atoms with van der Waals surface area (Å²) in [6.45, 7) is 7.92. The number of para-hydroxylation sites is 2. The zero-order valence-electron chi connectivity index (χ0n) is 15.0. The molecule has 0 aliphatic rings. The third-order valence-electron chi connectivity index (χ3n) is 3.89. The van der Waals surface area contributed by atoms with Gasteiger partial charge in [0.1, 0.15) is 17.1 Å². The Kier molecular flexibility index (Phi) is 4.74. The van der Waals surface area contributed by atoms with Crippen molar-refractivity contribution in [3.63, 3.8) is 0 Å². The van der Waals surface area contributed by atoms with Crippen LogP contribution in [0.3, 0.4) is 0 Å². The Labute approximate surface area is 147 Å². The van der Waals surface area contributed by atoms with Gasteiger partial charge in [-0.25, -0.2) is 4.98 Å². The summed E-state index contributed by atoms with van der Waals surface area (Å²) in [5.74, 6) is 0.476. The van der Waals surface area contributed by atoms with Crippen molar-refractivity contribution in [3.05, 3.63) is 59.5 Å². The van der Waals surface area contributed by atoms with Crippen molar-refractivity contribution in [1.29, 1.82) is 0 Å². The highest BCUT2D eigenvalue weighted by molar-refractivity contribution is 6.05. The Balaban J connectivity index is 2.00. The third kappa shape index (κ3) is 3.50. The van der Waals surface area contributed by atoms with Crippen molar-refractivity contribution in [1.82, 2.24) is 9.38 Å². The maximum atomic E-state index is 13.0. The number of pyridine rings is 1. The van der Waals surface area contributed by atoms with Gasteiger partial charge in [0.25, 0.3) is 5.91 Å². The lowest BCUT2D eigenvalue weighted by Crippen LogP contribution is -2.17. The average Bonchev–Trinajstić information content (AvgIpc) is 2.94. The van der Waals surface area contributed by atoms with Crippen LogP contribution in [0.15, 0.2) is 42.6 Å². The summed E-state index contributed by atoms with van der Waals surface area (Å²) in [6, 6.07) is 11.4. The second-order valence-corrected chi connectivity index (χ2v) is 6.31. The lowest BCUT2D eigenvalue weighted by Gasteiger charge is -2.15. The molecule has 0 spiro atoms. The molecule has 3 aromatic rings. The Hall–Kier alpha value is -2.82. The monoisotopic (exact) mass is 337 g/mol. The van der Waals surface area contributed by atoms with Crippen LogP contribution in [0.1, 0.15) is 42.5 Å². The molecule has 2 heterocycles. The van der Waals surface area contributed by atoms with E-state index in [0.717, 1.165) is 16.9 Å². The maximum absolute atomic E-state index is 13.0. The Morgan fingerprint density at radius 1 is 1.24 bits per heavy atom. The van der Waals surface area contributed by atoms with Crippen LogP contribution < -0.4 is 10.1 Å². The van der Waals surface area contributed by atoms with E-state index in [1.807, 2.05) is 74.7 Å². The lowest BCUT2D eigenvalue weighted by atomic mass is 10.2. The molecule has 0 saturated carbocycles. The summed E-state index contributed by atoms with van der Waals surface area (Å²) in [5, 5.41) is 2.98. The molecule has 1 N–H and O–H groups in total. The average molecular weight is 337 g/mol. The number of hydrogen-bond donors (Lipinski definition) is 1. The molecule has 0 unspecified atom stereocenters. The van der Waals surface area contributed by atoms with Crippen molar-refractivity contribution in [2.24, 2.45) is 0 Å². The largest absolute Gasteiger partial charge is 0.489 e. The number of anilines is 1. The van der Waals surface area contributed by atoms with Crippen molar-refractivity contribution in [2.45, 2.75) is 40.2 Å². The molecule has 0 bridgehead atoms. The number of carbonyl (C=O) groups is 1. The number of nitrogens with zero attached hydrogens (tertiary/aromatic N) is 2. The number of amides is 1. The van der Waals surface area contributed by atoms with Gasteiger partial charge in [-0.1, -0.05) is 25.1 Å². The van der Waals surface area contributed by atoms with E-state index in [4.69, 9.17) is 4.74 Å². The smallest absolute Gasteiger partial charge is 0.274 e. The minimum Gasteiger partial charge on any atom is -0.489 e. The third-order valence-corrected chi connectivity index (χ3v) is 3.89. The van der Waals surface area contributed by atoms with Crippen LogP contribution in [0.5, 0.6) is 5.75 Å². The molecule has 0 saturated heterocycles. The van der Waals surface area contributed by atoms with Gasteiger partial charge < -0.3 is 10.1 Å². The molecule has 0 fully saturated rings. The van der Waals surface area contributed by atoms with Gasteiger partial charge in [-0.2, -0.15) is 0 Å². The second-order valence-electron chi connectivity index (χ2n) is 6.31. The van der Waals surface area contributed by atoms with Crippen LogP contribution in [-0.2, 0) is 6.42 Å². The molecule has 1 amide bonds. The van der Waals surface area contributed by atoms with Crippen LogP contribution in [0.25, 0.3) is 5.65 Å². The summed E-state index contributed by atoms with van der Waals surface area (Å²) >= 11 is 0. The maximum Gasteiger partial charge on any atom is 0.274 e. The fraction of sp³-hybridized carbons (Fsp3) is 0.300. The van der Waals surface area contributed by atoms with Crippen molar-refractivity contribution < 1.29 is 9.53 Å². The molecule has 3 rings (SSSR count). The predicted molar refractivity (Wildman–Crippen MR) is 99.5 cm³/mol. The molecule has 0 atom stereocenters. The summed E-state index contributed by atoms with van der Waals surface area (Å²) in [6.07, 6.45) is 2.66. The zero-order valence-corrected chi connectivity index (χ0v) is 15.0. The van der Waals surface area contributed by atoms with Gasteiger partial charge >= 0.3 is 0 Å². The normalized spacial score (nSPS) is 11.1. The van der Waals surface area contributed by atoms with E-state index < -0.39 is 0 Å². The Morgan fingerprint density at radius 2 is 2.00 bits per heavy atom. The van der Waals surface area contributed by atoms with E-state index in [2.05, 4.69) is 10.3 Å². The predicted octanol–water partition coefficient (Wildman–Crippen LogP) is 4.24. The van der Waals surface area contributed by atoms with Gasteiger partial charge in [0, 0.05) is 6.20 Å². The van der Waals surface area contributed by atoms with Gasteiger partial charge in [-0.3, -0.25) is 9.20 Å². The minimum absolute atomic E-state index is 0.0303. The molecule has 5 heteroatoms. The molecule has 0 aliphatic heterocycles. The summed E-state index contributed by atoms with van der Waals surface area (Å²) in [4.78, 5) is 17.6. The first-order valence-electron chi connectivity index (χ1n) is 8.54. The fourth-order valence-electron chi connectivity index (χ4n) is 2.79. The molecule has 25 heavy (non-hydrogen) atoms. The Morgan fingerprint density at radius 3 is 2.72 bits per heavy atom. The first-order chi connectivity index (χ1) is 12.0. The van der Waals surface area contributed by atoms with Gasteiger partial charge in [0.15, 0.2) is 0 Å². The first-order valence-corrected chi connectivity index (χ1v) is 8.54. The van der Waals surface area contributed by atoms with Crippen LogP contribution in [0, 0.1) is 6.92 Å². The fourth-order valence-corrected chi connectivity index (χ4v) is 2.79. The SMILES string of the molecule is CCc1nc2ccc(C)cn2c1C(=O)Nc1ccccc1OC(C)C. The van der Waals surface area contributed by atoms with Crippen LogP contribution in [0.4, 0.5) is 5.69 Å². The lowest BCUT2D eigenvalue weighted by molar-refractivity contribution is 0.101. The number of ether oxygens (including phenoxy) is 1. The highest BCUT2D eigenvalue weighted by Gasteiger charge is 2.19. The first kappa shape index (κ1) is 17.0.